The van der Waals surface area contributed by atoms with Crippen molar-refractivity contribution in [3.8, 4) is 11.3 Å². The first kappa shape index (κ1) is 29.8. The van der Waals surface area contributed by atoms with Crippen LogP contribution < -0.4 is 20.2 Å². The fraction of sp³-hybridized carbons (Fsp3) is 0.167. The summed E-state index contributed by atoms with van der Waals surface area (Å²) in [6.07, 6.45) is 1.66. The highest BCUT2D eigenvalue weighted by Crippen LogP contribution is 2.32. The highest BCUT2D eigenvalue weighted by molar-refractivity contribution is 7.07. The molecule has 9 heteroatoms. The Kier molecular flexibility index (Phi) is 7.95. The van der Waals surface area contributed by atoms with Gasteiger partial charge in [0.25, 0.3) is 11.5 Å². The molecule has 0 unspecified atom stereocenters. The van der Waals surface area contributed by atoms with Crippen molar-refractivity contribution < 1.29 is 19.1 Å². The molecule has 2 aromatic heterocycles. The Morgan fingerprint density at radius 3 is 2.42 bits per heavy atom. The van der Waals surface area contributed by atoms with E-state index in [1.165, 1.54) is 11.3 Å². The van der Waals surface area contributed by atoms with E-state index < -0.39 is 12.0 Å². The van der Waals surface area contributed by atoms with Crippen molar-refractivity contribution in [3.63, 3.8) is 0 Å². The molecule has 3 heterocycles. The fourth-order valence-corrected chi connectivity index (χ4v) is 6.46. The van der Waals surface area contributed by atoms with Crippen LogP contribution in [0.25, 0.3) is 17.4 Å². The van der Waals surface area contributed by atoms with Gasteiger partial charge >= 0.3 is 5.97 Å². The number of allylic oxidation sites excluding steroid dienone is 1. The maximum atomic E-state index is 14.1. The molecule has 0 aliphatic carbocycles. The lowest BCUT2D eigenvalue weighted by Crippen LogP contribution is -2.40. The Morgan fingerprint density at radius 2 is 1.73 bits per heavy atom. The second kappa shape index (κ2) is 12.0. The number of carbonyl (C=O) groups is 2. The number of benzene rings is 3. The van der Waals surface area contributed by atoms with Gasteiger partial charge in [-0.05, 0) is 72.9 Å². The van der Waals surface area contributed by atoms with Crippen LogP contribution in [0.2, 0.25) is 0 Å². The van der Waals surface area contributed by atoms with Crippen LogP contribution in [0, 0.1) is 6.92 Å². The summed E-state index contributed by atoms with van der Waals surface area (Å²) in [5.41, 5.74) is 4.90. The summed E-state index contributed by atoms with van der Waals surface area (Å²) >= 11 is 1.22. The molecule has 2 N–H and O–H groups in total. The minimum Gasteiger partial charge on any atom is -0.478 e. The fourth-order valence-electron chi connectivity index (χ4n) is 5.44. The number of fused-ring (bicyclic) bond motifs is 1. The van der Waals surface area contributed by atoms with E-state index in [1.54, 1.807) is 47.9 Å². The minimum atomic E-state index is -1.02. The number of furan rings is 1. The number of thiazole rings is 1. The standard InChI is InChI=1S/C36H31N3O5S/c1-20(2)23-12-14-24(15-13-23)32-31(33(40)38-26-8-6-5-7-9-26)22(4)37-36-39(32)34(41)30(45-36)19-27-16-17-29(44-27)28-18-25(35(42)43)11-10-21(28)3/h5-20,32H,1-4H3,(H,38,40)(H,42,43)/b30-19-/t32-/m0/s1. The van der Waals surface area contributed by atoms with Crippen molar-refractivity contribution in [2.24, 2.45) is 4.99 Å². The molecule has 3 aromatic carbocycles. The molecule has 1 aliphatic heterocycles. The van der Waals surface area contributed by atoms with Gasteiger partial charge in [-0.25, -0.2) is 9.79 Å². The summed E-state index contributed by atoms with van der Waals surface area (Å²) in [5.74, 6) is -0.0962. The van der Waals surface area contributed by atoms with Gasteiger partial charge in [0.15, 0.2) is 4.80 Å². The molecule has 5 aromatic rings. The second-order valence-corrected chi connectivity index (χ2v) is 12.3. The predicted molar refractivity (Wildman–Crippen MR) is 175 cm³/mol. The molecule has 1 amide bonds. The van der Waals surface area contributed by atoms with Crippen LogP contribution in [0.3, 0.4) is 0 Å². The normalized spacial score (nSPS) is 14.8. The third kappa shape index (κ3) is 5.82. The Balaban J connectivity index is 1.45. The average molecular weight is 618 g/mol. The number of aryl methyl sites for hydroxylation is 1. The predicted octanol–water partition coefficient (Wildman–Crippen LogP) is 6.26. The van der Waals surface area contributed by atoms with E-state index in [0.29, 0.717) is 49.3 Å². The molecule has 0 spiro atoms. The molecule has 45 heavy (non-hydrogen) atoms. The number of hydrogen-bond donors (Lipinski definition) is 2. The number of carboxylic acids is 1. The smallest absolute Gasteiger partial charge is 0.335 e. The number of aromatic carboxylic acids is 1. The summed E-state index contributed by atoms with van der Waals surface area (Å²) < 4.78 is 8.05. The second-order valence-electron chi connectivity index (χ2n) is 11.3. The zero-order valence-corrected chi connectivity index (χ0v) is 26.0. The minimum absolute atomic E-state index is 0.158. The van der Waals surface area contributed by atoms with E-state index >= 15 is 0 Å². The van der Waals surface area contributed by atoms with Gasteiger partial charge in [0.2, 0.25) is 0 Å². The number of carbonyl (C=O) groups excluding carboxylic acids is 1. The zero-order chi connectivity index (χ0) is 31.8. The Morgan fingerprint density at radius 1 is 1.00 bits per heavy atom. The quantitative estimate of drug-likeness (QED) is 0.224. The molecule has 1 aliphatic rings. The topological polar surface area (TPSA) is 114 Å². The van der Waals surface area contributed by atoms with Gasteiger partial charge in [0, 0.05) is 17.3 Å². The number of nitrogens with one attached hydrogen (secondary N) is 1. The first-order valence-electron chi connectivity index (χ1n) is 14.5. The Hall–Kier alpha value is -5.28. The summed E-state index contributed by atoms with van der Waals surface area (Å²) in [4.78, 5) is 44.6. The first-order chi connectivity index (χ1) is 21.6. The summed E-state index contributed by atoms with van der Waals surface area (Å²) in [7, 11) is 0. The molecule has 0 bridgehead atoms. The number of nitrogens with zero attached hydrogens (tertiary/aromatic N) is 2. The van der Waals surface area contributed by atoms with Crippen LogP contribution in [0.4, 0.5) is 5.69 Å². The van der Waals surface area contributed by atoms with E-state index in [1.807, 2.05) is 61.5 Å². The van der Waals surface area contributed by atoms with Gasteiger partial charge in [0.1, 0.15) is 11.5 Å². The van der Waals surface area contributed by atoms with Gasteiger partial charge in [0.05, 0.1) is 27.4 Å². The van der Waals surface area contributed by atoms with E-state index in [4.69, 9.17) is 9.41 Å². The molecule has 1 atom stereocenters. The third-order valence-corrected chi connectivity index (χ3v) is 8.85. The van der Waals surface area contributed by atoms with Gasteiger partial charge in [-0.15, -0.1) is 0 Å². The SMILES string of the molecule is CC1=C(C(=O)Nc2ccccc2)[C@H](c2ccc(C(C)C)cc2)n2c(s/c(=C\c3ccc(-c4cc(C(=O)O)ccc4C)o3)c2=O)=N1. The van der Waals surface area contributed by atoms with E-state index in [9.17, 15) is 19.5 Å². The number of anilines is 1. The third-order valence-electron chi connectivity index (χ3n) is 7.87. The van der Waals surface area contributed by atoms with E-state index in [0.717, 1.165) is 16.7 Å². The van der Waals surface area contributed by atoms with E-state index in [-0.39, 0.29) is 17.0 Å². The molecule has 0 saturated carbocycles. The number of hydrogen-bond acceptors (Lipinski definition) is 6. The van der Waals surface area contributed by atoms with Crippen LogP contribution in [-0.4, -0.2) is 21.6 Å². The van der Waals surface area contributed by atoms with Crippen molar-refractivity contribution in [1.29, 1.82) is 0 Å². The number of aromatic nitrogens is 1. The summed E-state index contributed by atoms with van der Waals surface area (Å²) in [6, 6.07) is 24.9. The molecule has 6 rings (SSSR count). The van der Waals surface area contributed by atoms with Crippen molar-refractivity contribution in [1.82, 2.24) is 4.57 Å². The highest BCUT2D eigenvalue weighted by Gasteiger charge is 2.32. The zero-order valence-electron chi connectivity index (χ0n) is 25.2. The number of rotatable bonds is 7. The molecule has 0 fully saturated rings. The summed E-state index contributed by atoms with van der Waals surface area (Å²) in [6.45, 7) is 7.90. The van der Waals surface area contributed by atoms with E-state index in [2.05, 4.69) is 19.2 Å². The van der Waals surface area contributed by atoms with Crippen molar-refractivity contribution in [2.75, 3.05) is 5.32 Å². The molecular formula is C36H31N3O5S. The van der Waals surface area contributed by atoms with Gasteiger partial charge < -0.3 is 14.8 Å². The van der Waals surface area contributed by atoms with Crippen molar-refractivity contribution in [3.05, 3.63) is 144 Å². The maximum Gasteiger partial charge on any atom is 0.335 e. The van der Waals surface area contributed by atoms with Gasteiger partial charge in [-0.3, -0.25) is 14.2 Å². The van der Waals surface area contributed by atoms with Crippen molar-refractivity contribution in [2.45, 2.75) is 39.7 Å². The maximum absolute atomic E-state index is 14.1. The van der Waals surface area contributed by atoms with Gasteiger partial charge in [-0.2, -0.15) is 0 Å². The molecular weight excluding hydrogens is 586 g/mol. The van der Waals surface area contributed by atoms with Crippen LogP contribution in [0.15, 0.2) is 110 Å². The van der Waals surface area contributed by atoms with Crippen LogP contribution >= 0.6 is 11.3 Å². The lowest BCUT2D eigenvalue weighted by Gasteiger charge is -2.25. The monoisotopic (exact) mass is 617 g/mol. The number of amides is 1. The average Bonchev–Trinajstić information content (AvgIpc) is 3.60. The highest BCUT2D eigenvalue weighted by atomic mass is 32.1. The van der Waals surface area contributed by atoms with Crippen LogP contribution in [0.5, 0.6) is 0 Å². The Bertz CT molecular complexity index is 2150. The number of carboxylic acid groups (broad SMARTS) is 1. The number of para-hydroxylation sites is 1. The summed E-state index contributed by atoms with van der Waals surface area (Å²) in [5, 5.41) is 12.4. The molecule has 226 valence electrons. The van der Waals surface area contributed by atoms with Crippen molar-refractivity contribution >= 4 is 35.0 Å². The molecule has 8 nitrogen and oxygen atoms in total. The lowest BCUT2D eigenvalue weighted by molar-refractivity contribution is -0.113. The van der Waals surface area contributed by atoms with Gasteiger partial charge in [-0.1, -0.05) is 73.7 Å². The Labute approximate surface area is 263 Å². The molecule has 0 radical (unpaired) electrons. The lowest BCUT2D eigenvalue weighted by atomic mass is 9.93. The molecule has 0 saturated heterocycles. The largest absolute Gasteiger partial charge is 0.478 e. The van der Waals surface area contributed by atoms with Crippen LogP contribution in [0.1, 0.15) is 65.5 Å². The van der Waals surface area contributed by atoms with Crippen LogP contribution in [-0.2, 0) is 4.79 Å². The first-order valence-corrected chi connectivity index (χ1v) is 15.4.